The zero-order chi connectivity index (χ0) is 21.2. The third-order valence-electron chi connectivity index (χ3n) is 6.02. The molecule has 0 atom stereocenters. The number of benzene rings is 2. The van der Waals surface area contributed by atoms with Crippen molar-refractivity contribution in [1.82, 2.24) is 15.1 Å². The molecule has 2 aliphatic rings. The molecule has 1 aromatic heterocycles. The molecule has 2 aliphatic heterocycles. The number of rotatable bonds is 5. The van der Waals surface area contributed by atoms with Crippen LogP contribution >= 0.6 is 11.3 Å². The van der Waals surface area contributed by atoms with Crippen molar-refractivity contribution in [3.05, 3.63) is 58.6 Å². The zero-order valence-electron chi connectivity index (χ0n) is 17.6. The van der Waals surface area contributed by atoms with Gasteiger partial charge in [-0.05, 0) is 62.2 Å². The van der Waals surface area contributed by atoms with E-state index in [1.165, 1.54) is 11.1 Å². The molecular formula is C24H26N4O2S. The van der Waals surface area contributed by atoms with Gasteiger partial charge in [0.1, 0.15) is 15.8 Å². The Hall–Kier alpha value is -2.77. The molecular weight excluding hydrogens is 408 g/mol. The van der Waals surface area contributed by atoms with Gasteiger partial charge in [0.2, 0.25) is 5.91 Å². The normalized spacial score (nSPS) is 16.7. The van der Waals surface area contributed by atoms with E-state index in [0.717, 1.165) is 72.5 Å². The van der Waals surface area contributed by atoms with E-state index in [1.54, 1.807) is 11.3 Å². The maximum Gasteiger partial charge on any atom is 0.227 e. The van der Waals surface area contributed by atoms with E-state index < -0.39 is 0 Å². The molecule has 3 aromatic rings. The highest BCUT2D eigenvalue weighted by Gasteiger charge is 2.25. The minimum absolute atomic E-state index is 0.0529. The lowest BCUT2D eigenvalue weighted by Gasteiger charge is -2.31. The molecule has 0 saturated carbocycles. The van der Waals surface area contributed by atoms with Crippen molar-refractivity contribution >= 4 is 22.9 Å². The lowest BCUT2D eigenvalue weighted by Crippen LogP contribution is -2.37. The van der Waals surface area contributed by atoms with Gasteiger partial charge in [-0.1, -0.05) is 35.6 Å². The van der Waals surface area contributed by atoms with Gasteiger partial charge in [0.25, 0.3) is 0 Å². The number of anilines is 1. The molecule has 160 valence electrons. The molecule has 3 heterocycles. The maximum atomic E-state index is 12.8. The van der Waals surface area contributed by atoms with Gasteiger partial charge in [-0.15, -0.1) is 10.2 Å². The lowest BCUT2D eigenvalue weighted by atomic mass is 9.95. The molecule has 5 rings (SSSR count). The van der Waals surface area contributed by atoms with Crippen LogP contribution < -0.4 is 10.1 Å². The van der Waals surface area contributed by atoms with Gasteiger partial charge < -0.3 is 10.1 Å². The molecule has 1 saturated heterocycles. The summed E-state index contributed by atoms with van der Waals surface area (Å²) in [5.41, 5.74) is 4.45. The van der Waals surface area contributed by atoms with Crippen molar-refractivity contribution < 1.29 is 9.53 Å². The van der Waals surface area contributed by atoms with Crippen LogP contribution in [0, 0.1) is 12.8 Å². The highest BCUT2D eigenvalue weighted by atomic mass is 32.1. The van der Waals surface area contributed by atoms with Crippen molar-refractivity contribution in [3.8, 4) is 16.3 Å². The number of fused-ring (bicyclic) bond motifs is 1. The van der Waals surface area contributed by atoms with Crippen molar-refractivity contribution in [1.29, 1.82) is 0 Å². The second kappa shape index (κ2) is 8.77. The summed E-state index contributed by atoms with van der Waals surface area (Å²) >= 11 is 1.56. The lowest BCUT2D eigenvalue weighted by molar-refractivity contribution is -0.121. The Bertz CT molecular complexity index is 1090. The van der Waals surface area contributed by atoms with E-state index in [9.17, 15) is 4.79 Å². The fourth-order valence-electron chi connectivity index (χ4n) is 4.34. The molecule has 7 heteroatoms. The van der Waals surface area contributed by atoms with Crippen LogP contribution in [0.1, 0.15) is 29.0 Å². The van der Waals surface area contributed by atoms with Crippen molar-refractivity contribution in [2.75, 3.05) is 25.0 Å². The Morgan fingerprint density at radius 1 is 1.19 bits per heavy atom. The quantitative estimate of drug-likeness (QED) is 0.649. The molecule has 1 amide bonds. The van der Waals surface area contributed by atoms with E-state index >= 15 is 0 Å². The van der Waals surface area contributed by atoms with Gasteiger partial charge >= 0.3 is 0 Å². The van der Waals surface area contributed by atoms with Crippen molar-refractivity contribution in [2.24, 2.45) is 5.92 Å². The van der Waals surface area contributed by atoms with Crippen LogP contribution in [-0.2, 0) is 17.8 Å². The van der Waals surface area contributed by atoms with Crippen LogP contribution in [0.3, 0.4) is 0 Å². The number of nitrogens with zero attached hydrogens (tertiary/aromatic N) is 3. The van der Waals surface area contributed by atoms with Gasteiger partial charge in [0, 0.05) is 30.1 Å². The minimum Gasteiger partial charge on any atom is -0.493 e. The first kappa shape index (κ1) is 20.2. The van der Waals surface area contributed by atoms with Crippen molar-refractivity contribution in [3.63, 3.8) is 0 Å². The predicted molar refractivity (Wildman–Crippen MR) is 122 cm³/mol. The van der Waals surface area contributed by atoms with Crippen LogP contribution in [0.5, 0.6) is 5.75 Å². The second-order valence-electron chi connectivity index (χ2n) is 8.29. The molecule has 0 unspecified atom stereocenters. The number of hydrogen-bond donors (Lipinski definition) is 1. The summed E-state index contributed by atoms with van der Waals surface area (Å²) < 4.78 is 5.60. The van der Waals surface area contributed by atoms with Crippen LogP contribution in [0.15, 0.2) is 42.5 Å². The molecule has 0 bridgehead atoms. The summed E-state index contributed by atoms with van der Waals surface area (Å²) in [7, 11) is 0. The number of ether oxygens (including phenoxy) is 1. The van der Waals surface area contributed by atoms with Crippen LogP contribution in [-0.4, -0.2) is 40.7 Å². The number of aromatic nitrogens is 2. The largest absolute Gasteiger partial charge is 0.493 e. The molecule has 0 aliphatic carbocycles. The standard InChI is InChI=1S/C24H26N4O2S/c1-16-26-27-24(31-16)20-3-2-4-21(14-20)25-23(29)18-7-10-28(11-8-18)15-17-5-6-22-19(13-17)9-12-30-22/h2-6,13-14,18H,7-12,15H2,1H3,(H,25,29). The number of nitrogens with one attached hydrogen (secondary N) is 1. The van der Waals surface area contributed by atoms with Gasteiger partial charge in [-0.2, -0.15) is 0 Å². The monoisotopic (exact) mass is 434 g/mol. The Kier molecular flexibility index (Phi) is 5.70. The van der Waals surface area contributed by atoms with E-state index in [2.05, 4.69) is 38.6 Å². The fraction of sp³-hybridized carbons (Fsp3) is 0.375. The molecule has 31 heavy (non-hydrogen) atoms. The number of piperidine rings is 1. The Morgan fingerprint density at radius 3 is 2.87 bits per heavy atom. The number of aryl methyl sites for hydroxylation is 1. The average Bonchev–Trinajstić information content (AvgIpc) is 3.43. The van der Waals surface area contributed by atoms with E-state index in [1.807, 2.05) is 31.2 Å². The van der Waals surface area contributed by atoms with E-state index in [4.69, 9.17) is 4.74 Å². The third kappa shape index (κ3) is 4.62. The summed E-state index contributed by atoms with van der Waals surface area (Å²) in [6, 6.07) is 14.4. The summed E-state index contributed by atoms with van der Waals surface area (Å²) in [5, 5.41) is 13.2. The van der Waals surface area contributed by atoms with Gasteiger partial charge in [-0.3, -0.25) is 9.69 Å². The van der Waals surface area contributed by atoms with Gasteiger partial charge in [0.05, 0.1) is 6.61 Å². The van der Waals surface area contributed by atoms with E-state index in [0.29, 0.717) is 0 Å². The molecule has 0 spiro atoms. The van der Waals surface area contributed by atoms with E-state index in [-0.39, 0.29) is 11.8 Å². The van der Waals surface area contributed by atoms with Gasteiger partial charge in [0.15, 0.2) is 0 Å². The summed E-state index contributed by atoms with van der Waals surface area (Å²) in [4.78, 5) is 15.3. The zero-order valence-corrected chi connectivity index (χ0v) is 18.5. The van der Waals surface area contributed by atoms with Crippen LogP contribution in [0.4, 0.5) is 5.69 Å². The summed E-state index contributed by atoms with van der Waals surface area (Å²) in [6.07, 6.45) is 2.77. The highest BCUT2D eigenvalue weighted by Crippen LogP contribution is 2.28. The fourth-order valence-corrected chi connectivity index (χ4v) is 5.03. The minimum atomic E-state index is 0.0529. The first-order valence-electron chi connectivity index (χ1n) is 10.8. The SMILES string of the molecule is Cc1nnc(-c2cccc(NC(=O)C3CCN(Cc4ccc5c(c4)CCO5)CC3)c2)s1. The number of amides is 1. The predicted octanol–water partition coefficient (Wildman–Crippen LogP) is 4.30. The molecule has 2 aromatic carbocycles. The first-order chi connectivity index (χ1) is 15.1. The average molecular weight is 435 g/mol. The molecule has 0 radical (unpaired) electrons. The van der Waals surface area contributed by atoms with Crippen LogP contribution in [0.2, 0.25) is 0 Å². The second-order valence-corrected chi connectivity index (χ2v) is 9.47. The summed E-state index contributed by atoms with van der Waals surface area (Å²) in [6.45, 7) is 5.55. The topological polar surface area (TPSA) is 67.4 Å². The molecule has 1 fully saturated rings. The maximum absolute atomic E-state index is 12.8. The number of likely N-dealkylation sites (tertiary alicyclic amines) is 1. The Morgan fingerprint density at radius 2 is 2.06 bits per heavy atom. The third-order valence-corrected chi connectivity index (χ3v) is 6.91. The molecule has 1 N–H and O–H groups in total. The number of hydrogen-bond acceptors (Lipinski definition) is 6. The molecule has 6 nitrogen and oxygen atoms in total. The van der Waals surface area contributed by atoms with Crippen LogP contribution in [0.25, 0.3) is 10.6 Å². The number of carbonyl (C=O) groups excluding carboxylic acids is 1. The smallest absolute Gasteiger partial charge is 0.227 e. The number of carbonyl (C=O) groups is 1. The Balaban J connectivity index is 1.15. The first-order valence-corrected chi connectivity index (χ1v) is 11.6. The summed E-state index contributed by atoms with van der Waals surface area (Å²) in [5.74, 6) is 1.20. The highest BCUT2D eigenvalue weighted by molar-refractivity contribution is 7.14. The van der Waals surface area contributed by atoms with Gasteiger partial charge in [-0.25, -0.2) is 0 Å². The van der Waals surface area contributed by atoms with Crippen molar-refractivity contribution in [2.45, 2.75) is 32.7 Å². The Labute approximate surface area is 186 Å².